The molecule has 7 nitrogen and oxygen atoms in total. The van der Waals surface area contributed by atoms with Gasteiger partial charge in [0.1, 0.15) is 0 Å². The van der Waals surface area contributed by atoms with Crippen molar-refractivity contribution in [3.05, 3.63) is 27.8 Å². The molecule has 0 unspecified atom stereocenters. The maximum absolute atomic E-state index is 11.0. The maximum Gasteiger partial charge on any atom is 0.273 e. The molecular formula is C13H19NO6. The lowest BCUT2D eigenvalue weighted by molar-refractivity contribution is -0.385. The minimum absolute atomic E-state index is 0.109. The summed E-state index contributed by atoms with van der Waals surface area (Å²) in [6, 6.07) is 2.68. The van der Waals surface area contributed by atoms with Crippen molar-refractivity contribution in [3.8, 4) is 11.5 Å². The second-order valence-corrected chi connectivity index (χ2v) is 3.77. The molecule has 0 amide bonds. The average Bonchev–Trinajstić information content (AvgIpc) is 2.45. The fourth-order valence-electron chi connectivity index (χ4n) is 1.79. The molecule has 0 aromatic heterocycles. The Hall–Kier alpha value is -1.86. The first-order valence-electron chi connectivity index (χ1n) is 6.22. The molecule has 0 bridgehead atoms. The molecule has 0 heterocycles. The van der Waals surface area contributed by atoms with Crippen molar-refractivity contribution < 1.29 is 23.9 Å². The first kappa shape index (κ1) is 16.2. The Morgan fingerprint density at radius 3 is 2.15 bits per heavy atom. The lowest BCUT2D eigenvalue weighted by atomic mass is 10.1. The van der Waals surface area contributed by atoms with Crippen LogP contribution in [0.2, 0.25) is 0 Å². The Morgan fingerprint density at radius 2 is 1.75 bits per heavy atom. The number of nitro benzene ring substituents is 1. The zero-order chi connectivity index (χ0) is 15.1. The second kappa shape index (κ2) is 7.66. The Kier molecular flexibility index (Phi) is 6.20. The highest BCUT2D eigenvalue weighted by molar-refractivity contribution is 5.54. The molecule has 0 aliphatic rings. The molecule has 1 aromatic rings. The molecule has 112 valence electrons. The van der Waals surface area contributed by atoms with Crippen molar-refractivity contribution >= 4 is 5.69 Å². The molecule has 7 heteroatoms. The zero-order valence-electron chi connectivity index (χ0n) is 12.0. The van der Waals surface area contributed by atoms with E-state index in [1.54, 1.807) is 0 Å². The van der Waals surface area contributed by atoms with Crippen LogP contribution in [0.1, 0.15) is 25.7 Å². The van der Waals surface area contributed by atoms with Crippen molar-refractivity contribution in [3.63, 3.8) is 0 Å². The van der Waals surface area contributed by atoms with Crippen LogP contribution in [-0.4, -0.2) is 32.4 Å². The van der Waals surface area contributed by atoms with Gasteiger partial charge in [0, 0.05) is 19.3 Å². The number of rotatable bonds is 8. The standard InChI is InChI=1S/C13H19NO6/c1-5-19-13(20-6-2)10-7-9(14(15)16)8-11(17-3)12(10)18-4/h7-8,13H,5-6H2,1-4H3. The number of nitrogens with zero attached hydrogens (tertiary/aromatic N) is 1. The van der Waals surface area contributed by atoms with Gasteiger partial charge in [-0.15, -0.1) is 0 Å². The summed E-state index contributed by atoms with van der Waals surface area (Å²) in [5, 5.41) is 11.0. The van der Waals surface area contributed by atoms with E-state index in [9.17, 15) is 10.1 Å². The van der Waals surface area contributed by atoms with Crippen LogP contribution in [0.5, 0.6) is 11.5 Å². The minimum atomic E-state index is -0.742. The molecule has 0 spiro atoms. The van der Waals surface area contributed by atoms with E-state index in [1.165, 1.54) is 26.4 Å². The molecule has 0 radical (unpaired) electrons. The summed E-state index contributed by atoms with van der Waals surface area (Å²) in [6.07, 6.45) is -0.742. The maximum atomic E-state index is 11.0. The third-order valence-electron chi connectivity index (χ3n) is 2.59. The molecular weight excluding hydrogens is 266 g/mol. The lowest BCUT2D eigenvalue weighted by Crippen LogP contribution is -2.11. The van der Waals surface area contributed by atoms with Gasteiger partial charge in [-0.3, -0.25) is 10.1 Å². The summed E-state index contributed by atoms with van der Waals surface area (Å²) in [5.41, 5.74) is 0.323. The van der Waals surface area contributed by atoms with E-state index in [-0.39, 0.29) is 11.4 Å². The van der Waals surface area contributed by atoms with Gasteiger partial charge in [0.15, 0.2) is 17.8 Å². The molecule has 1 rings (SSSR count). The summed E-state index contributed by atoms with van der Waals surface area (Å²) in [4.78, 5) is 10.5. The molecule has 0 aliphatic heterocycles. The average molecular weight is 285 g/mol. The fraction of sp³-hybridized carbons (Fsp3) is 0.538. The van der Waals surface area contributed by atoms with Gasteiger partial charge in [-0.05, 0) is 13.8 Å². The Morgan fingerprint density at radius 1 is 1.15 bits per heavy atom. The van der Waals surface area contributed by atoms with Crippen molar-refractivity contribution in [2.24, 2.45) is 0 Å². The van der Waals surface area contributed by atoms with Crippen molar-refractivity contribution in [2.75, 3.05) is 27.4 Å². The van der Waals surface area contributed by atoms with E-state index in [1.807, 2.05) is 13.8 Å². The van der Waals surface area contributed by atoms with E-state index in [0.29, 0.717) is 24.5 Å². The van der Waals surface area contributed by atoms with Gasteiger partial charge in [-0.1, -0.05) is 0 Å². The topological polar surface area (TPSA) is 80.1 Å². The fourth-order valence-corrected chi connectivity index (χ4v) is 1.79. The number of non-ortho nitro benzene ring substituents is 1. The highest BCUT2D eigenvalue weighted by Crippen LogP contribution is 2.40. The molecule has 20 heavy (non-hydrogen) atoms. The monoisotopic (exact) mass is 285 g/mol. The third kappa shape index (κ3) is 3.58. The number of hydrogen-bond donors (Lipinski definition) is 0. The minimum Gasteiger partial charge on any atom is -0.493 e. The van der Waals surface area contributed by atoms with Gasteiger partial charge in [-0.2, -0.15) is 0 Å². The summed E-state index contributed by atoms with van der Waals surface area (Å²) >= 11 is 0. The molecule has 0 aliphatic carbocycles. The quantitative estimate of drug-likeness (QED) is 0.415. The Labute approximate surface area is 117 Å². The van der Waals surface area contributed by atoms with Crippen LogP contribution >= 0.6 is 0 Å². The Balaban J connectivity index is 3.38. The molecule has 0 atom stereocenters. The first-order valence-corrected chi connectivity index (χ1v) is 6.22. The normalized spacial score (nSPS) is 10.7. The van der Waals surface area contributed by atoms with Crippen LogP contribution in [0.15, 0.2) is 12.1 Å². The van der Waals surface area contributed by atoms with Crippen molar-refractivity contribution in [2.45, 2.75) is 20.1 Å². The predicted octanol–water partition coefficient (Wildman–Crippen LogP) is 2.68. The van der Waals surface area contributed by atoms with Gasteiger partial charge in [0.25, 0.3) is 5.69 Å². The smallest absolute Gasteiger partial charge is 0.273 e. The molecule has 0 saturated carbocycles. The number of ether oxygens (including phenoxy) is 4. The Bertz CT molecular complexity index is 456. The summed E-state index contributed by atoms with van der Waals surface area (Å²) in [5.74, 6) is 0.631. The van der Waals surface area contributed by atoms with E-state index >= 15 is 0 Å². The van der Waals surface area contributed by atoms with Crippen molar-refractivity contribution in [1.82, 2.24) is 0 Å². The number of benzene rings is 1. The van der Waals surface area contributed by atoms with Gasteiger partial charge in [0.05, 0.1) is 30.8 Å². The highest BCUT2D eigenvalue weighted by atomic mass is 16.7. The largest absolute Gasteiger partial charge is 0.493 e. The second-order valence-electron chi connectivity index (χ2n) is 3.77. The number of hydrogen-bond acceptors (Lipinski definition) is 6. The van der Waals surface area contributed by atoms with E-state index < -0.39 is 11.2 Å². The van der Waals surface area contributed by atoms with Crippen LogP contribution in [0.3, 0.4) is 0 Å². The predicted molar refractivity (Wildman–Crippen MR) is 72.2 cm³/mol. The highest BCUT2D eigenvalue weighted by Gasteiger charge is 2.24. The van der Waals surface area contributed by atoms with Crippen LogP contribution in [0, 0.1) is 10.1 Å². The van der Waals surface area contributed by atoms with Crippen LogP contribution < -0.4 is 9.47 Å². The van der Waals surface area contributed by atoms with Gasteiger partial charge in [0.2, 0.25) is 0 Å². The van der Waals surface area contributed by atoms with Gasteiger partial charge < -0.3 is 18.9 Å². The van der Waals surface area contributed by atoms with Crippen LogP contribution in [0.25, 0.3) is 0 Å². The van der Waals surface area contributed by atoms with Gasteiger partial charge in [-0.25, -0.2) is 0 Å². The summed E-state index contributed by atoms with van der Waals surface area (Å²) in [7, 11) is 2.88. The number of methoxy groups -OCH3 is 2. The first-order chi connectivity index (χ1) is 9.58. The SMILES string of the molecule is CCOC(OCC)c1cc([N+](=O)[O-])cc(OC)c1OC. The van der Waals surface area contributed by atoms with Crippen molar-refractivity contribution in [1.29, 1.82) is 0 Å². The third-order valence-corrected chi connectivity index (χ3v) is 2.59. The number of nitro groups is 1. The van der Waals surface area contributed by atoms with E-state index in [4.69, 9.17) is 18.9 Å². The van der Waals surface area contributed by atoms with Crippen LogP contribution in [0.4, 0.5) is 5.69 Å². The van der Waals surface area contributed by atoms with E-state index in [0.717, 1.165) is 0 Å². The zero-order valence-corrected chi connectivity index (χ0v) is 12.0. The molecule has 0 N–H and O–H groups in total. The van der Waals surface area contributed by atoms with Crippen LogP contribution in [-0.2, 0) is 9.47 Å². The molecule has 0 fully saturated rings. The summed E-state index contributed by atoms with van der Waals surface area (Å²) < 4.78 is 21.3. The lowest BCUT2D eigenvalue weighted by Gasteiger charge is -2.20. The van der Waals surface area contributed by atoms with E-state index in [2.05, 4.69) is 0 Å². The summed E-state index contributed by atoms with van der Waals surface area (Å²) in [6.45, 7) is 4.43. The van der Waals surface area contributed by atoms with Gasteiger partial charge >= 0.3 is 0 Å². The molecule has 1 aromatic carbocycles. The molecule has 0 saturated heterocycles.